The summed E-state index contributed by atoms with van der Waals surface area (Å²) in [5, 5.41) is 2.36. The van der Waals surface area contributed by atoms with E-state index >= 15 is 0 Å². The Morgan fingerprint density at radius 3 is 3.14 bits per heavy atom. The second kappa shape index (κ2) is 2.54. The molecule has 2 aromatic heterocycles. The van der Waals surface area contributed by atoms with Crippen LogP contribution in [0.2, 0.25) is 0 Å². The van der Waals surface area contributed by atoms with E-state index in [1.165, 1.54) is 10.9 Å². The number of aryl methyl sites for hydroxylation is 1. The van der Waals surface area contributed by atoms with Crippen LogP contribution in [0.3, 0.4) is 0 Å². The largest absolute Gasteiger partial charge is 0.318 e. The number of benzene rings is 1. The molecule has 0 radical (unpaired) electrons. The predicted molar refractivity (Wildman–Crippen MR) is 54.9 cm³/mol. The number of aromatic nitrogens is 3. The second-order valence-electron chi connectivity index (χ2n) is 3.51. The van der Waals surface area contributed by atoms with E-state index < -0.39 is 0 Å². The predicted octanol–water partition coefficient (Wildman–Crippen LogP) is 1.84. The van der Waals surface area contributed by atoms with Crippen LogP contribution in [0.15, 0.2) is 30.7 Å². The summed E-state index contributed by atoms with van der Waals surface area (Å²) < 4.78 is 0. The van der Waals surface area contributed by atoms with Crippen molar-refractivity contribution in [2.75, 3.05) is 0 Å². The molecular weight excluding hydrogens is 174 g/mol. The molecule has 0 aliphatic heterocycles. The smallest absolute Gasteiger partial charge is 0.286 e. The lowest BCUT2D eigenvalue weighted by atomic mass is 10.1. The minimum atomic E-state index is 0.935. The van der Waals surface area contributed by atoms with Crippen molar-refractivity contribution in [3.8, 4) is 0 Å². The van der Waals surface area contributed by atoms with E-state index in [1.807, 2.05) is 6.20 Å². The molecule has 0 saturated heterocycles. The highest BCUT2D eigenvalue weighted by atomic mass is 14.9. The minimum Gasteiger partial charge on any atom is -0.318 e. The third kappa shape index (κ3) is 0.923. The van der Waals surface area contributed by atoms with Gasteiger partial charge in [-0.25, -0.2) is 4.98 Å². The lowest BCUT2D eigenvalue weighted by Gasteiger charge is -1.91. The number of nitrogens with zero attached hydrogens (tertiary/aromatic N) is 1. The van der Waals surface area contributed by atoms with Gasteiger partial charge in [-0.05, 0) is 23.5 Å². The zero-order chi connectivity index (χ0) is 9.54. The second-order valence-corrected chi connectivity index (χ2v) is 3.51. The molecule has 0 unspecified atom stereocenters. The molecule has 68 valence electrons. The number of nitrogens with one attached hydrogen (secondary N) is 2. The van der Waals surface area contributed by atoms with Gasteiger partial charge in [0.05, 0.1) is 5.39 Å². The van der Waals surface area contributed by atoms with Crippen LogP contribution in [0.25, 0.3) is 21.9 Å². The first kappa shape index (κ1) is 7.50. The van der Waals surface area contributed by atoms with Crippen LogP contribution in [0.5, 0.6) is 0 Å². The first-order valence-corrected chi connectivity index (χ1v) is 4.59. The van der Waals surface area contributed by atoms with Crippen LogP contribution >= 0.6 is 0 Å². The Balaban J connectivity index is 2.57. The van der Waals surface area contributed by atoms with Crippen molar-refractivity contribution in [2.45, 2.75) is 6.92 Å². The molecule has 3 aromatic rings. The molecule has 0 spiro atoms. The molecule has 0 aliphatic rings. The molecule has 0 bridgehead atoms. The molecule has 1 aromatic carbocycles. The summed E-state index contributed by atoms with van der Waals surface area (Å²) in [7, 11) is 0. The SMILES string of the molecule is Cc1ccc2c(c1)[nH]c1nc[nH+]cc12. The number of rotatable bonds is 0. The monoisotopic (exact) mass is 184 g/mol. The molecule has 2 heterocycles. The molecule has 3 heteroatoms. The molecule has 3 rings (SSSR count). The molecular formula is C11H10N3+. The Bertz CT molecular complexity index is 610. The fourth-order valence-corrected chi connectivity index (χ4v) is 1.79. The van der Waals surface area contributed by atoms with E-state index in [1.54, 1.807) is 6.33 Å². The number of fused-ring (bicyclic) bond motifs is 3. The van der Waals surface area contributed by atoms with Gasteiger partial charge in [-0.2, -0.15) is 0 Å². The summed E-state index contributed by atoms with van der Waals surface area (Å²) in [6, 6.07) is 6.37. The average Bonchev–Trinajstić information content (AvgIpc) is 2.54. The fourth-order valence-electron chi connectivity index (χ4n) is 1.79. The van der Waals surface area contributed by atoms with Gasteiger partial charge in [0.25, 0.3) is 12.0 Å². The van der Waals surface area contributed by atoms with Crippen molar-refractivity contribution in [3.05, 3.63) is 36.3 Å². The van der Waals surface area contributed by atoms with Crippen LogP contribution in [0.4, 0.5) is 0 Å². The zero-order valence-corrected chi connectivity index (χ0v) is 7.83. The van der Waals surface area contributed by atoms with Crippen molar-refractivity contribution in [1.29, 1.82) is 0 Å². The van der Waals surface area contributed by atoms with Gasteiger partial charge in [-0.3, -0.25) is 0 Å². The summed E-state index contributed by atoms with van der Waals surface area (Å²) >= 11 is 0. The van der Waals surface area contributed by atoms with E-state index in [0.29, 0.717) is 0 Å². The maximum absolute atomic E-state index is 4.24. The third-order valence-corrected chi connectivity index (χ3v) is 2.47. The third-order valence-electron chi connectivity index (χ3n) is 2.47. The fraction of sp³-hybridized carbons (Fsp3) is 0.0909. The Morgan fingerprint density at radius 2 is 2.21 bits per heavy atom. The quantitative estimate of drug-likeness (QED) is 0.569. The van der Waals surface area contributed by atoms with Gasteiger partial charge < -0.3 is 4.98 Å². The topological polar surface area (TPSA) is 42.8 Å². The average molecular weight is 184 g/mol. The Hall–Kier alpha value is -1.90. The van der Waals surface area contributed by atoms with Gasteiger partial charge in [-0.1, -0.05) is 12.1 Å². The normalized spacial score (nSPS) is 11.2. The van der Waals surface area contributed by atoms with E-state index in [4.69, 9.17) is 0 Å². The molecule has 0 aliphatic carbocycles. The summed E-state index contributed by atoms with van der Waals surface area (Å²) in [5.74, 6) is 0. The molecule has 0 saturated carbocycles. The molecule has 0 fully saturated rings. The molecule has 2 N–H and O–H groups in total. The van der Waals surface area contributed by atoms with Gasteiger partial charge in [0.2, 0.25) is 0 Å². The Kier molecular flexibility index (Phi) is 1.36. The summed E-state index contributed by atoms with van der Waals surface area (Å²) in [6.45, 7) is 2.09. The minimum absolute atomic E-state index is 0.935. The number of hydrogen-bond acceptors (Lipinski definition) is 1. The van der Waals surface area contributed by atoms with Gasteiger partial charge in [0, 0.05) is 10.9 Å². The van der Waals surface area contributed by atoms with Crippen LogP contribution in [-0.2, 0) is 0 Å². The lowest BCUT2D eigenvalue weighted by Crippen LogP contribution is -1.99. The highest BCUT2D eigenvalue weighted by molar-refractivity contribution is 6.05. The van der Waals surface area contributed by atoms with Crippen LogP contribution < -0.4 is 4.98 Å². The van der Waals surface area contributed by atoms with E-state index in [9.17, 15) is 0 Å². The van der Waals surface area contributed by atoms with Crippen molar-refractivity contribution in [1.82, 2.24) is 9.97 Å². The number of hydrogen-bond donors (Lipinski definition) is 1. The van der Waals surface area contributed by atoms with Crippen molar-refractivity contribution >= 4 is 21.9 Å². The molecule has 0 amide bonds. The summed E-state index contributed by atoms with van der Waals surface area (Å²) in [5.41, 5.74) is 3.34. The maximum atomic E-state index is 4.24. The van der Waals surface area contributed by atoms with Crippen molar-refractivity contribution in [3.63, 3.8) is 0 Å². The van der Waals surface area contributed by atoms with Gasteiger partial charge >= 0.3 is 0 Å². The van der Waals surface area contributed by atoms with Gasteiger partial charge in [-0.15, -0.1) is 0 Å². The number of H-pyrrole nitrogens is 2. The van der Waals surface area contributed by atoms with E-state index in [-0.39, 0.29) is 0 Å². The first-order chi connectivity index (χ1) is 6.84. The standard InChI is InChI=1S/C11H9N3/c1-7-2-3-8-9-5-12-6-13-11(9)14-10(8)4-7/h2-6H,1H3,(H,12,13,14)/p+1. The van der Waals surface area contributed by atoms with Crippen LogP contribution in [-0.4, -0.2) is 9.97 Å². The van der Waals surface area contributed by atoms with Gasteiger partial charge in [0.15, 0.2) is 0 Å². The zero-order valence-electron chi connectivity index (χ0n) is 7.83. The Labute approximate surface area is 80.8 Å². The van der Waals surface area contributed by atoms with Crippen LogP contribution in [0.1, 0.15) is 5.56 Å². The number of aromatic amines is 2. The Morgan fingerprint density at radius 1 is 1.29 bits per heavy atom. The van der Waals surface area contributed by atoms with Crippen molar-refractivity contribution < 1.29 is 4.98 Å². The highest BCUT2D eigenvalue weighted by Crippen LogP contribution is 2.22. The first-order valence-electron chi connectivity index (χ1n) is 4.59. The summed E-state index contributed by atoms with van der Waals surface area (Å²) in [6.07, 6.45) is 3.65. The molecule has 14 heavy (non-hydrogen) atoms. The lowest BCUT2D eigenvalue weighted by molar-refractivity contribution is -0.380. The van der Waals surface area contributed by atoms with Crippen molar-refractivity contribution in [2.24, 2.45) is 0 Å². The van der Waals surface area contributed by atoms with Gasteiger partial charge in [0.1, 0.15) is 6.20 Å². The molecule has 0 atom stereocenters. The van der Waals surface area contributed by atoms with E-state index in [2.05, 4.69) is 40.1 Å². The highest BCUT2D eigenvalue weighted by Gasteiger charge is 2.08. The summed E-state index contributed by atoms with van der Waals surface area (Å²) in [4.78, 5) is 10.5. The molecule has 3 nitrogen and oxygen atoms in total. The van der Waals surface area contributed by atoms with E-state index in [0.717, 1.165) is 16.6 Å². The maximum Gasteiger partial charge on any atom is 0.286 e. The van der Waals surface area contributed by atoms with Crippen LogP contribution in [0, 0.1) is 6.92 Å².